The molecule has 0 aliphatic rings. The van der Waals surface area contributed by atoms with Crippen LogP contribution < -0.4 is 5.32 Å². The molecule has 0 radical (unpaired) electrons. The molecule has 0 aromatic rings. The Balaban J connectivity index is 4.77. The van der Waals surface area contributed by atoms with Crippen molar-refractivity contribution in [1.29, 1.82) is 0 Å². The number of ether oxygens (including phenoxy) is 3. The number of esters is 1. The molecule has 1 atom stereocenters. The Hall–Kier alpha value is -2.03. The van der Waals surface area contributed by atoms with Gasteiger partial charge in [-0.3, -0.25) is 4.90 Å². The lowest BCUT2D eigenvalue weighted by Crippen LogP contribution is -2.49. The van der Waals surface area contributed by atoms with Crippen molar-refractivity contribution in [2.75, 3.05) is 26.8 Å². The second-order valence-electron chi connectivity index (χ2n) is 8.36. The van der Waals surface area contributed by atoms with Crippen molar-refractivity contribution in [3.63, 3.8) is 0 Å². The number of carbonyl (C=O) groups excluding carboxylic acids is 3. The lowest BCUT2D eigenvalue weighted by molar-refractivity contribution is -0.147. The highest BCUT2D eigenvalue weighted by atomic mass is 16.6. The fourth-order valence-corrected chi connectivity index (χ4v) is 2.31. The van der Waals surface area contributed by atoms with E-state index in [1.54, 1.807) is 41.5 Å². The van der Waals surface area contributed by atoms with Crippen LogP contribution in [-0.4, -0.2) is 72.2 Å². The summed E-state index contributed by atoms with van der Waals surface area (Å²) in [6.07, 6.45) is 0.229. The molecule has 0 rings (SSSR count). The van der Waals surface area contributed by atoms with Gasteiger partial charge in [-0.1, -0.05) is 0 Å². The van der Waals surface area contributed by atoms with Crippen molar-refractivity contribution in [3.05, 3.63) is 0 Å². The maximum Gasteiger partial charge on any atom is 0.411 e. The molecular formula is C19H36N2O7. The number of amides is 2. The fourth-order valence-electron chi connectivity index (χ4n) is 2.31. The Morgan fingerprint density at radius 1 is 1.00 bits per heavy atom. The molecule has 164 valence electrons. The van der Waals surface area contributed by atoms with Gasteiger partial charge in [-0.05, 0) is 60.8 Å². The maximum atomic E-state index is 12.4. The highest BCUT2D eigenvalue weighted by Crippen LogP contribution is 2.16. The van der Waals surface area contributed by atoms with E-state index in [0.29, 0.717) is 25.8 Å². The summed E-state index contributed by atoms with van der Waals surface area (Å²) >= 11 is 0. The van der Waals surface area contributed by atoms with Crippen LogP contribution in [0.15, 0.2) is 0 Å². The van der Waals surface area contributed by atoms with Crippen LogP contribution >= 0.6 is 0 Å². The number of nitrogens with one attached hydrogen (secondary N) is 1. The van der Waals surface area contributed by atoms with Gasteiger partial charge in [0.2, 0.25) is 0 Å². The molecule has 0 saturated carbocycles. The van der Waals surface area contributed by atoms with Gasteiger partial charge in [-0.2, -0.15) is 0 Å². The van der Waals surface area contributed by atoms with Crippen LogP contribution in [0.1, 0.15) is 60.8 Å². The lowest BCUT2D eigenvalue weighted by atomic mass is 10.1. The van der Waals surface area contributed by atoms with Gasteiger partial charge in [0.05, 0.1) is 13.7 Å². The molecule has 9 heteroatoms. The van der Waals surface area contributed by atoms with E-state index in [9.17, 15) is 19.5 Å². The Kier molecular flexibility index (Phi) is 10.9. The molecule has 2 amide bonds. The Morgan fingerprint density at radius 3 is 2.04 bits per heavy atom. The topological polar surface area (TPSA) is 114 Å². The summed E-state index contributed by atoms with van der Waals surface area (Å²) in [5.41, 5.74) is -1.30. The van der Waals surface area contributed by atoms with E-state index in [2.05, 4.69) is 5.32 Å². The van der Waals surface area contributed by atoms with Crippen LogP contribution in [0, 0.1) is 0 Å². The van der Waals surface area contributed by atoms with Crippen molar-refractivity contribution in [2.24, 2.45) is 0 Å². The number of aliphatic hydroxyl groups excluding tert-OH is 1. The average Bonchev–Trinajstić information content (AvgIpc) is 2.52. The van der Waals surface area contributed by atoms with Gasteiger partial charge in [-0.15, -0.1) is 0 Å². The van der Waals surface area contributed by atoms with Crippen molar-refractivity contribution >= 4 is 18.2 Å². The van der Waals surface area contributed by atoms with E-state index >= 15 is 0 Å². The molecule has 0 aromatic carbocycles. The number of hydrogen-bond donors (Lipinski definition) is 2. The second kappa shape index (κ2) is 11.7. The third-order valence-corrected chi connectivity index (χ3v) is 3.39. The van der Waals surface area contributed by atoms with E-state index in [1.807, 2.05) is 0 Å². The number of aliphatic hydroxyl groups is 1. The minimum atomic E-state index is -0.881. The largest absolute Gasteiger partial charge is 0.467 e. The van der Waals surface area contributed by atoms with Crippen molar-refractivity contribution in [1.82, 2.24) is 10.2 Å². The zero-order valence-corrected chi connectivity index (χ0v) is 18.2. The molecule has 2 N–H and O–H groups in total. The van der Waals surface area contributed by atoms with E-state index < -0.39 is 35.4 Å². The number of alkyl carbamates (subject to hydrolysis) is 1. The molecule has 0 heterocycles. The zero-order valence-electron chi connectivity index (χ0n) is 18.2. The third kappa shape index (κ3) is 11.6. The molecular weight excluding hydrogens is 368 g/mol. The summed E-state index contributed by atoms with van der Waals surface area (Å²) in [5.74, 6) is -0.584. The molecule has 0 bridgehead atoms. The van der Waals surface area contributed by atoms with Crippen LogP contribution in [0.4, 0.5) is 9.59 Å². The van der Waals surface area contributed by atoms with Gasteiger partial charge in [0.15, 0.2) is 0 Å². The molecule has 9 nitrogen and oxygen atoms in total. The summed E-state index contributed by atoms with van der Waals surface area (Å²) in [7, 11) is 1.24. The van der Waals surface area contributed by atoms with Crippen molar-refractivity contribution < 1.29 is 33.7 Å². The summed E-state index contributed by atoms with van der Waals surface area (Å²) in [5, 5.41) is 11.9. The molecule has 28 heavy (non-hydrogen) atoms. The molecule has 0 aromatic heterocycles. The predicted molar refractivity (Wildman–Crippen MR) is 104 cm³/mol. The predicted octanol–water partition coefficient (Wildman–Crippen LogP) is 2.45. The van der Waals surface area contributed by atoms with E-state index in [-0.39, 0.29) is 13.2 Å². The first-order chi connectivity index (χ1) is 12.8. The number of nitrogens with zero attached hydrogens (tertiary/aromatic N) is 1. The number of carbonyl (C=O) groups is 3. The molecule has 0 aliphatic carbocycles. The van der Waals surface area contributed by atoms with Gasteiger partial charge in [-0.25, -0.2) is 14.4 Å². The molecule has 0 unspecified atom stereocenters. The average molecular weight is 405 g/mol. The normalized spacial score (nSPS) is 12.7. The van der Waals surface area contributed by atoms with Crippen LogP contribution in [0.3, 0.4) is 0 Å². The maximum absolute atomic E-state index is 12.4. The van der Waals surface area contributed by atoms with Crippen LogP contribution in [0.25, 0.3) is 0 Å². The molecule has 0 spiro atoms. The second-order valence-corrected chi connectivity index (χ2v) is 8.36. The molecule has 0 aliphatic heterocycles. The minimum Gasteiger partial charge on any atom is -0.467 e. The quantitative estimate of drug-likeness (QED) is 0.345. The van der Waals surface area contributed by atoms with E-state index in [0.717, 1.165) is 0 Å². The van der Waals surface area contributed by atoms with Gasteiger partial charge in [0.25, 0.3) is 0 Å². The van der Waals surface area contributed by atoms with Crippen LogP contribution in [-0.2, 0) is 19.0 Å². The third-order valence-electron chi connectivity index (χ3n) is 3.39. The Labute approximate surface area is 167 Å². The SMILES string of the molecule is COC(=O)[C@H](CCCCNC(=O)OC(C)(C)C)N(CCO)C(=O)OC(C)(C)C. The van der Waals surface area contributed by atoms with E-state index in [1.165, 1.54) is 12.0 Å². The molecule has 0 saturated heterocycles. The summed E-state index contributed by atoms with van der Waals surface area (Å²) in [6.45, 7) is 10.5. The lowest BCUT2D eigenvalue weighted by Gasteiger charge is -2.31. The first-order valence-electron chi connectivity index (χ1n) is 9.46. The Bertz CT molecular complexity index is 509. The van der Waals surface area contributed by atoms with E-state index in [4.69, 9.17) is 14.2 Å². The monoisotopic (exact) mass is 404 g/mol. The Morgan fingerprint density at radius 2 is 1.57 bits per heavy atom. The van der Waals surface area contributed by atoms with Crippen molar-refractivity contribution in [3.8, 4) is 0 Å². The summed E-state index contributed by atoms with van der Waals surface area (Å²) in [4.78, 5) is 37.4. The van der Waals surface area contributed by atoms with Gasteiger partial charge < -0.3 is 24.6 Å². The number of hydrogen-bond acceptors (Lipinski definition) is 7. The highest BCUT2D eigenvalue weighted by Gasteiger charge is 2.33. The zero-order chi connectivity index (χ0) is 22.0. The van der Waals surface area contributed by atoms with Gasteiger partial charge in [0, 0.05) is 13.1 Å². The number of unbranched alkanes of at least 4 members (excludes halogenated alkanes) is 1. The first-order valence-corrected chi connectivity index (χ1v) is 9.46. The summed E-state index contributed by atoms with van der Waals surface area (Å²) < 4.78 is 15.3. The smallest absolute Gasteiger partial charge is 0.411 e. The highest BCUT2D eigenvalue weighted by molar-refractivity contribution is 5.81. The fraction of sp³-hybridized carbons (Fsp3) is 0.842. The van der Waals surface area contributed by atoms with Gasteiger partial charge >= 0.3 is 18.2 Å². The standard InChI is InChI=1S/C19H36N2O7/c1-18(2,3)27-16(24)20-11-9-8-10-14(15(23)26-7)21(12-13-22)17(25)28-19(4,5)6/h14,22H,8-13H2,1-7H3,(H,20,24)/t14-/m0/s1. The van der Waals surface area contributed by atoms with Crippen LogP contribution in [0.2, 0.25) is 0 Å². The minimum absolute atomic E-state index is 0.0508. The number of rotatable bonds is 9. The van der Waals surface area contributed by atoms with Crippen molar-refractivity contribution in [2.45, 2.75) is 78.0 Å². The van der Waals surface area contributed by atoms with Gasteiger partial charge in [0.1, 0.15) is 17.2 Å². The molecule has 0 fully saturated rings. The van der Waals surface area contributed by atoms with Crippen LogP contribution in [0.5, 0.6) is 0 Å². The summed E-state index contributed by atoms with van der Waals surface area (Å²) in [6, 6.07) is -0.881. The number of methoxy groups -OCH3 is 1. The first kappa shape index (κ1) is 26.0.